The second kappa shape index (κ2) is 5.61. The predicted molar refractivity (Wildman–Crippen MR) is 80.9 cm³/mol. The molecular formula is C14H14ClN3O2S. The average molecular weight is 324 g/mol. The fourth-order valence-electron chi connectivity index (χ4n) is 2.44. The lowest BCUT2D eigenvalue weighted by Crippen LogP contribution is -2.16. The topological polar surface area (TPSA) is 72.0 Å². The quantitative estimate of drug-likeness (QED) is 0.882. The molecular weight excluding hydrogens is 310 g/mol. The number of fused-ring (bicyclic) bond motifs is 1. The molecule has 0 bridgehead atoms. The van der Waals surface area contributed by atoms with E-state index in [1.807, 2.05) is 6.07 Å². The molecule has 1 aromatic heterocycles. The molecule has 3 rings (SSSR count). The summed E-state index contributed by atoms with van der Waals surface area (Å²) < 4.78 is 27.1. The van der Waals surface area contributed by atoms with Gasteiger partial charge < -0.3 is 0 Å². The predicted octanol–water partition coefficient (Wildman–Crippen LogP) is 2.81. The summed E-state index contributed by atoms with van der Waals surface area (Å²) in [6.45, 7) is 0. The van der Waals surface area contributed by atoms with E-state index in [4.69, 9.17) is 11.6 Å². The van der Waals surface area contributed by atoms with Gasteiger partial charge in [-0.2, -0.15) is 0 Å². The summed E-state index contributed by atoms with van der Waals surface area (Å²) in [4.78, 5) is 7.92. The summed E-state index contributed by atoms with van der Waals surface area (Å²) in [6, 6.07) is 6.73. The Hall–Kier alpha value is -1.66. The number of halogens is 1. The van der Waals surface area contributed by atoms with Gasteiger partial charge in [0.25, 0.3) is 10.0 Å². The van der Waals surface area contributed by atoms with Crippen molar-refractivity contribution in [3.63, 3.8) is 0 Å². The van der Waals surface area contributed by atoms with Crippen LogP contribution in [0.5, 0.6) is 0 Å². The zero-order chi connectivity index (χ0) is 14.9. The number of rotatable bonds is 3. The van der Waals surface area contributed by atoms with E-state index in [-0.39, 0.29) is 16.0 Å². The van der Waals surface area contributed by atoms with Gasteiger partial charge >= 0.3 is 0 Å². The second-order valence-electron chi connectivity index (χ2n) is 4.95. The largest absolute Gasteiger partial charge is 0.264 e. The van der Waals surface area contributed by atoms with E-state index in [2.05, 4.69) is 14.7 Å². The number of nitrogens with one attached hydrogen (secondary N) is 1. The molecule has 1 aliphatic rings. The van der Waals surface area contributed by atoms with Crippen LogP contribution in [0.3, 0.4) is 0 Å². The molecule has 0 saturated carbocycles. The zero-order valence-corrected chi connectivity index (χ0v) is 12.8. The van der Waals surface area contributed by atoms with Gasteiger partial charge in [-0.15, -0.1) is 0 Å². The number of nitrogens with zero attached hydrogens (tertiary/aromatic N) is 2. The molecule has 0 unspecified atom stereocenters. The summed E-state index contributed by atoms with van der Waals surface area (Å²) in [5, 5.41) is 0.188. The number of hydrogen-bond donors (Lipinski definition) is 1. The first-order valence-electron chi connectivity index (χ1n) is 6.68. The van der Waals surface area contributed by atoms with Crippen molar-refractivity contribution in [3.05, 3.63) is 46.7 Å². The molecule has 7 heteroatoms. The van der Waals surface area contributed by atoms with Gasteiger partial charge in [0.15, 0.2) is 0 Å². The first-order chi connectivity index (χ1) is 10.0. The van der Waals surface area contributed by atoms with Gasteiger partial charge in [0.1, 0.15) is 5.15 Å². The van der Waals surface area contributed by atoms with E-state index < -0.39 is 10.0 Å². The van der Waals surface area contributed by atoms with Gasteiger partial charge in [-0.25, -0.2) is 23.1 Å². The molecule has 1 aliphatic carbocycles. The third-order valence-electron chi connectivity index (χ3n) is 3.48. The molecule has 1 N–H and O–H groups in total. The maximum absolute atomic E-state index is 12.4. The van der Waals surface area contributed by atoms with Crippen LogP contribution in [0.15, 0.2) is 35.4 Å². The van der Waals surface area contributed by atoms with Crippen molar-refractivity contribution in [1.29, 1.82) is 0 Å². The van der Waals surface area contributed by atoms with Crippen LogP contribution in [-0.4, -0.2) is 18.4 Å². The molecule has 0 aliphatic heterocycles. The molecule has 0 radical (unpaired) electrons. The lowest BCUT2D eigenvalue weighted by Gasteiger charge is -2.16. The van der Waals surface area contributed by atoms with Gasteiger partial charge in [0, 0.05) is 6.20 Å². The van der Waals surface area contributed by atoms with Crippen LogP contribution in [0, 0.1) is 0 Å². The van der Waals surface area contributed by atoms with Crippen molar-refractivity contribution >= 4 is 27.6 Å². The third-order valence-corrected chi connectivity index (χ3v) is 5.01. The van der Waals surface area contributed by atoms with E-state index in [0.717, 1.165) is 31.2 Å². The van der Waals surface area contributed by atoms with Gasteiger partial charge in [-0.3, -0.25) is 0 Å². The Balaban J connectivity index is 1.91. The summed E-state index contributed by atoms with van der Waals surface area (Å²) in [5.74, 6) is -0.0276. The van der Waals surface area contributed by atoms with Crippen LogP contribution >= 0.6 is 11.6 Å². The van der Waals surface area contributed by atoms with Crippen LogP contribution in [0.4, 0.5) is 5.95 Å². The van der Waals surface area contributed by atoms with Crippen molar-refractivity contribution in [3.8, 4) is 0 Å². The van der Waals surface area contributed by atoms with E-state index in [1.165, 1.54) is 17.8 Å². The van der Waals surface area contributed by atoms with Crippen molar-refractivity contribution in [2.45, 2.75) is 30.6 Å². The maximum Gasteiger partial charge on any atom is 0.264 e. The smallest absolute Gasteiger partial charge is 0.247 e. The fraction of sp³-hybridized carbons (Fsp3) is 0.286. The Kier molecular flexibility index (Phi) is 3.82. The minimum atomic E-state index is -3.70. The average Bonchev–Trinajstić information content (AvgIpc) is 2.46. The van der Waals surface area contributed by atoms with E-state index >= 15 is 0 Å². The van der Waals surface area contributed by atoms with Gasteiger partial charge in [-0.05, 0) is 55.0 Å². The number of aryl methyl sites for hydroxylation is 2. The first kappa shape index (κ1) is 14.3. The monoisotopic (exact) mass is 323 g/mol. The third kappa shape index (κ3) is 3.16. The number of sulfonamides is 1. The number of hydrogen-bond acceptors (Lipinski definition) is 4. The van der Waals surface area contributed by atoms with E-state index in [0.29, 0.717) is 0 Å². The standard InChI is InChI=1S/C14H14ClN3O2S/c15-13-7-8-16-14(17-13)18-21(19,20)12-6-5-10-3-1-2-4-11(10)9-12/h5-9H,1-4H2,(H,16,17,18). The Labute approximate surface area is 128 Å². The molecule has 1 heterocycles. The molecule has 21 heavy (non-hydrogen) atoms. The van der Waals surface area contributed by atoms with Crippen LogP contribution in [0.25, 0.3) is 0 Å². The van der Waals surface area contributed by atoms with Crippen molar-refractivity contribution in [1.82, 2.24) is 9.97 Å². The number of aromatic nitrogens is 2. The SMILES string of the molecule is O=S(=O)(Nc1nccc(Cl)n1)c1ccc2c(c1)CCCC2. The summed E-state index contributed by atoms with van der Waals surface area (Å²) in [6.07, 6.45) is 5.60. The Bertz CT molecular complexity index is 778. The molecule has 1 aromatic carbocycles. The summed E-state index contributed by atoms with van der Waals surface area (Å²) >= 11 is 5.73. The summed E-state index contributed by atoms with van der Waals surface area (Å²) in [7, 11) is -3.70. The molecule has 0 amide bonds. The molecule has 110 valence electrons. The highest BCUT2D eigenvalue weighted by atomic mass is 35.5. The number of anilines is 1. The molecule has 0 atom stereocenters. The van der Waals surface area contributed by atoms with Crippen LogP contribution < -0.4 is 4.72 Å². The summed E-state index contributed by atoms with van der Waals surface area (Å²) in [5.41, 5.74) is 2.34. The minimum absolute atomic E-state index is 0.0276. The highest BCUT2D eigenvalue weighted by molar-refractivity contribution is 7.92. The van der Waals surface area contributed by atoms with Crippen molar-refractivity contribution in [2.24, 2.45) is 0 Å². The lowest BCUT2D eigenvalue weighted by molar-refractivity contribution is 0.600. The zero-order valence-electron chi connectivity index (χ0n) is 11.2. The molecule has 0 saturated heterocycles. The van der Waals surface area contributed by atoms with Gasteiger partial charge in [0.2, 0.25) is 5.95 Å². The molecule has 5 nitrogen and oxygen atoms in total. The Morgan fingerprint density at radius 1 is 1.10 bits per heavy atom. The molecule has 0 fully saturated rings. The molecule has 0 spiro atoms. The lowest BCUT2D eigenvalue weighted by atomic mass is 9.92. The molecule has 2 aromatic rings. The minimum Gasteiger partial charge on any atom is -0.247 e. The highest BCUT2D eigenvalue weighted by Gasteiger charge is 2.18. The first-order valence-corrected chi connectivity index (χ1v) is 8.54. The Morgan fingerprint density at radius 3 is 2.62 bits per heavy atom. The van der Waals surface area contributed by atoms with Crippen LogP contribution in [0.1, 0.15) is 24.0 Å². The van der Waals surface area contributed by atoms with Crippen LogP contribution in [-0.2, 0) is 22.9 Å². The second-order valence-corrected chi connectivity index (χ2v) is 7.02. The van der Waals surface area contributed by atoms with Gasteiger partial charge in [-0.1, -0.05) is 17.7 Å². The highest BCUT2D eigenvalue weighted by Crippen LogP contribution is 2.24. The Morgan fingerprint density at radius 2 is 1.86 bits per heavy atom. The van der Waals surface area contributed by atoms with E-state index in [1.54, 1.807) is 12.1 Å². The van der Waals surface area contributed by atoms with E-state index in [9.17, 15) is 8.42 Å². The number of benzene rings is 1. The fourth-order valence-corrected chi connectivity index (χ4v) is 3.58. The van der Waals surface area contributed by atoms with Crippen molar-refractivity contribution < 1.29 is 8.42 Å². The van der Waals surface area contributed by atoms with Crippen LogP contribution in [0.2, 0.25) is 5.15 Å². The van der Waals surface area contributed by atoms with Crippen molar-refractivity contribution in [2.75, 3.05) is 4.72 Å². The maximum atomic E-state index is 12.4. The normalized spacial score (nSPS) is 14.5. The van der Waals surface area contributed by atoms with Gasteiger partial charge in [0.05, 0.1) is 4.90 Å².